The highest BCUT2D eigenvalue weighted by atomic mass is 19.1. The van der Waals surface area contributed by atoms with Gasteiger partial charge in [-0.15, -0.1) is 0 Å². The molecule has 0 unspecified atom stereocenters. The van der Waals surface area contributed by atoms with Gasteiger partial charge in [0, 0.05) is 5.56 Å². The van der Waals surface area contributed by atoms with Gasteiger partial charge in [-0.25, -0.2) is 4.39 Å². The first kappa shape index (κ1) is 12.8. The molecule has 0 aromatic heterocycles. The van der Waals surface area contributed by atoms with Crippen LogP contribution in [-0.2, 0) is 11.4 Å². The molecule has 0 heterocycles. The number of hydrogen-bond acceptors (Lipinski definition) is 3. The third-order valence-corrected chi connectivity index (χ3v) is 2.38. The highest BCUT2D eigenvalue weighted by molar-refractivity contribution is 5.79. The predicted octanol–water partition coefficient (Wildman–Crippen LogP) is 3.13. The largest absolute Gasteiger partial charge is 0.390 e. The smallest absolute Gasteiger partial charge is 0.142 e. The molecule has 3 nitrogen and oxygen atoms in total. The zero-order valence-electron chi connectivity index (χ0n) is 10.0. The molecular formula is C15H10FN2O. The monoisotopic (exact) mass is 253 g/mol. The summed E-state index contributed by atoms with van der Waals surface area (Å²) in [6, 6.07) is 14.9. The second-order valence-electron chi connectivity index (χ2n) is 3.80. The normalized spacial score (nSPS) is 10.3. The van der Waals surface area contributed by atoms with Gasteiger partial charge in [-0.3, -0.25) is 0 Å². The fraction of sp³-hybridized carbons (Fsp3) is 0.0667. The summed E-state index contributed by atoms with van der Waals surface area (Å²) in [5.74, 6) is -0.285. The Hall–Kier alpha value is -2.67. The van der Waals surface area contributed by atoms with Gasteiger partial charge in [0.1, 0.15) is 18.6 Å². The van der Waals surface area contributed by atoms with Gasteiger partial charge in [0.05, 0.1) is 11.6 Å². The van der Waals surface area contributed by atoms with Crippen molar-refractivity contribution >= 4 is 6.21 Å². The number of nitrogens with zero attached hydrogens (tertiary/aromatic N) is 2. The Morgan fingerprint density at radius 3 is 2.58 bits per heavy atom. The fourth-order valence-electron chi connectivity index (χ4n) is 1.43. The lowest BCUT2D eigenvalue weighted by Gasteiger charge is -1.99. The van der Waals surface area contributed by atoms with Crippen LogP contribution in [0.1, 0.15) is 16.7 Å². The van der Waals surface area contributed by atoms with Gasteiger partial charge in [-0.1, -0.05) is 29.4 Å². The van der Waals surface area contributed by atoms with Crippen molar-refractivity contribution in [3.63, 3.8) is 0 Å². The molecule has 2 aromatic carbocycles. The molecule has 4 heteroatoms. The molecule has 0 aliphatic rings. The molecule has 0 fully saturated rings. The molecule has 0 aliphatic carbocycles. The highest BCUT2D eigenvalue weighted by Gasteiger charge is 1.95. The van der Waals surface area contributed by atoms with E-state index in [0.29, 0.717) is 11.1 Å². The molecule has 0 saturated carbocycles. The first-order chi connectivity index (χ1) is 9.28. The van der Waals surface area contributed by atoms with Gasteiger partial charge in [0.15, 0.2) is 0 Å². The average Bonchev–Trinajstić information content (AvgIpc) is 2.46. The lowest BCUT2D eigenvalue weighted by atomic mass is 10.1. The molecule has 0 amide bonds. The maximum atomic E-state index is 12.7. The molecule has 93 valence electrons. The van der Waals surface area contributed by atoms with E-state index in [9.17, 15) is 4.39 Å². The molecular weight excluding hydrogens is 243 g/mol. The van der Waals surface area contributed by atoms with Gasteiger partial charge in [0.25, 0.3) is 0 Å². The number of nitriles is 1. The van der Waals surface area contributed by atoms with Crippen LogP contribution in [0.4, 0.5) is 4.39 Å². The van der Waals surface area contributed by atoms with E-state index in [1.165, 1.54) is 12.1 Å². The lowest BCUT2D eigenvalue weighted by molar-refractivity contribution is 0.132. The van der Waals surface area contributed by atoms with Crippen LogP contribution in [0.2, 0.25) is 0 Å². The second-order valence-corrected chi connectivity index (χ2v) is 3.80. The Kier molecular flexibility index (Phi) is 4.25. The van der Waals surface area contributed by atoms with Crippen LogP contribution >= 0.6 is 0 Å². The van der Waals surface area contributed by atoms with Crippen molar-refractivity contribution in [2.45, 2.75) is 6.61 Å². The quantitative estimate of drug-likeness (QED) is 0.620. The molecule has 0 aliphatic heterocycles. The first-order valence-electron chi connectivity index (χ1n) is 5.60. The number of benzene rings is 2. The zero-order chi connectivity index (χ0) is 13.5. The Morgan fingerprint density at radius 2 is 1.84 bits per heavy atom. The molecule has 0 bridgehead atoms. The maximum absolute atomic E-state index is 12.7. The third kappa shape index (κ3) is 3.93. The van der Waals surface area contributed by atoms with E-state index in [1.807, 2.05) is 6.07 Å². The van der Waals surface area contributed by atoms with Crippen LogP contribution in [0.3, 0.4) is 0 Å². The van der Waals surface area contributed by atoms with Gasteiger partial charge in [-0.2, -0.15) is 5.26 Å². The first-order valence-corrected chi connectivity index (χ1v) is 5.60. The summed E-state index contributed by atoms with van der Waals surface area (Å²) < 4.78 is 12.7. The maximum Gasteiger partial charge on any atom is 0.142 e. The Morgan fingerprint density at radius 1 is 1.11 bits per heavy atom. The fourth-order valence-corrected chi connectivity index (χ4v) is 1.43. The summed E-state index contributed by atoms with van der Waals surface area (Å²) in [6.45, 7) is 0.241. The van der Waals surface area contributed by atoms with Crippen molar-refractivity contribution < 1.29 is 9.23 Å². The number of rotatable bonds is 4. The summed E-state index contributed by atoms with van der Waals surface area (Å²) in [5, 5.41) is 12.4. The van der Waals surface area contributed by atoms with E-state index >= 15 is 0 Å². The van der Waals surface area contributed by atoms with E-state index in [0.717, 1.165) is 5.56 Å². The van der Waals surface area contributed by atoms with Crippen molar-refractivity contribution in [1.29, 1.82) is 5.26 Å². The summed E-state index contributed by atoms with van der Waals surface area (Å²) in [7, 11) is 0. The summed E-state index contributed by atoms with van der Waals surface area (Å²) in [5.41, 5.74) is 2.02. The summed E-state index contributed by atoms with van der Waals surface area (Å²) >= 11 is 0. The Bertz CT molecular complexity index is 615. The number of halogens is 1. The van der Waals surface area contributed by atoms with E-state index in [-0.39, 0.29) is 12.4 Å². The van der Waals surface area contributed by atoms with Crippen LogP contribution in [0.25, 0.3) is 0 Å². The minimum Gasteiger partial charge on any atom is -0.390 e. The van der Waals surface area contributed by atoms with Gasteiger partial charge < -0.3 is 4.84 Å². The van der Waals surface area contributed by atoms with Crippen LogP contribution in [0.15, 0.2) is 53.7 Å². The SMILES string of the molecule is N#Cc1cccc(/[C]=N\OCc2ccc(F)cc2)c1. The van der Waals surface area contributed by atoms with Gasteiger partial charge in [-0.05, 0) is 29.8 Å². The van der Waals surface area contributed by atoms with Crippen LogP contribution in [-0.4, -0.2) is 6.21 Å². The van der Waals surface area contributed by atoms with Crippen molar-refractivity contribution in [3.8, 4) is 6.07 Å². The van der Waals surface area contributed by atoms with Crippen LogP contribution in [0, 0.1) is 17.1 Å². The van der Waals surface area contributed by atoms with Crippen molar-refractivity contribution in [1.82, 2.24) is 0 Å². The standard InChI is InChI=1S/C15H10FN2O/c16-15-6-4-12(5-7-15)11-19-18-10-14-3-1-2-13(8-14)9-17/h1-8H,11H2. The summed E-state index contributed by atoms with van der Waals surface area (Å²) in [6.07, 6.45) is 2.68. The zero-order valence-corrected chi connectivity index (χ0v) is 10.0. The van der Waals surface area contributed by atoms with E-state index in [2.05, 4.69) is 11.4 Å². The Labute approximate surface area is 110 Å². The summed E-state index contributed by atoms with van der Waals surface area (Å²) in [4.78, 5) is 5.05. The van der Waals surface area contributed by atoms with Crippen LogP contribution in [0.5, 0.6) is 0 Å². The molecule has 0 N–H and O–H groups in total. The van der Waals surface area contributed by atoms with Gasteiger partial charge >= 0.3 is 0 Å². The topological polar surface area (TPSA) is 45.4 Å². The van der Waals surface area contributed by atoms with Gasteiger partial charge in [0.2, 0.25) is 0 Å². The van der Waals surface area contributed by atoms with Crippen molar-refractivity contribution in [2.24, 2.45) is 5.16 Å². The third-order valence-electron chi connectivity index (χ3n) is 2.38. The number of hydrogen-bond donors (Lipinski definition) is 0. The minimum atomic E-state index is -0.285. The Balaban J connectivity index is 1.90. The van der Waals surface area contributed by atoms with E-state index in [1.54, 1.807) is 36.4 Å². The van der Waals surface area contributed by atoms with Crippen LogP contribution < -0.4 is 0 Å². The minimum absolute atomic E-state index is 0.241. The van der Waals surface area contributed by atoms with E-state index < -0.39 is 0 Å². The molecule has 19 heavy (non-hydrogen) atoms. The molecule has 0 atom stereocenters. The molecule has 2 aromatic rings. The lowest BCUT2D eigenvalue weighted by Crippen LogP contribution is -1.89. The average molecular weight is 253 g/mol. The molecule has 0 spiro atoms. The van der Waals surface area contributed by atoms with E-state index in [4.69, 9.17) is 10.1 Å². The van der Waals surface area contributed by atoms with Crippen molar-refractivity contribution in [3.05, 3.63) is 71.0 Å². The molecule has 2 rings (SSSR count). The molecule has 0 saturated heterocycles. The predicted molar refractivity (Wildman–Crippen MR) is 68.9 cm³/mol. The highest BCUT2D eigenvalue weighted by Crippen LogP contribution is 2.05. The van der Waals surface area contributed by atoms with Crippen molar-refractivity contribution in [2.75, 3.05) is 0 Å². The second kappa shape index (κ2) is 6.31. The molecule has 1 radical (unpaired) electrons.